The number of rotatable bonds is 5. The molecule has 7 heteroatoms. The Morgan fingerprint density at radius 3 is 2.67 bits per heavy atom. The summed E-state index contributed by atoms with van der Waals surface area (Å²) in [5.41, 5.74) is 1.76. The number of ether oxygens (including phenoxy) is 1. The number of hydrogen-bond acceptors (Lipinski definition) is 4. The van der Waals surface area contributed by atoms with Gasteiger partial charge in [-0.1, -0.05) is 18.2 Å². The second-order valence-electron chi connectivity index (χ2n) is 8.90. The van der Waals surface area contributed by atoms with E-state index in [1.165, 1.54) is 0 Å². The van der Waals surface area contributed by atoms with E-state index in [1.807, 2.05) is 58.0 Å². The quantitative estimate of drug-likeness (QED) is 0.807. The van der Waals surface area contributed by atoms with Crippen molar-refractivity contribution in [3.8, 4) is 5.69 Å². The number of piperidine rings is 1. The molecule has 0 saturated carbocycles. The van der Waals surface area contributed by atoms with Gasteiger partial charge < -0.3 is 15.0 Å². The number of nitrogens with zero attached hydrogens (tertiary/aromatic N) is 3. The molecule has 0 bridgehead atoms. The lowest BCUT2D eigenvalue weighted by atomic mass is 9.95. The second kappa shape index (κ2) is 9.32. The van der Waals surface area contributed by atoms with Gasteiger partial charge in [0.15, 0.2) is 5.69 Å². The monoisotopic (exact) mass is 412 g/mol. The molecule has 2 heterocycles. The van der Waals surface area contributed by atoms with Crippen molar-refractivity contribution in [2.75, 3.05) is 19.6 Å². The molecule has 1 aliphatic rings. The Kier molecular flexibility index (Phi) is 6.80. The predicted octanol–water partition coefficient (Wildman–Crippen LogP) is 3.95. The summed E-state index contributed by atoms with van der Waals surface area (Å²) >= 11 is 0. The van der Waals surface area contributed by atoms with Crippen LogP contribution in [0.1, 0.15) is 56.2 Å². The molecule has 3 rings (SSSR count). The van der Waals surface area contributed by atoms with Gasteiger partial charge in [-0.25, -0.2) is 9.48 Å². The lowest BCUT2D eigenvalue weighted by molar-refractivity contribution is 0.0161. The zero-order valence-corrected chi connectivity index (χ0v) is 18.4. The van der Waals surface area contributed by atoms with Crippen molar-refractivity contribution >= 4 is 12.0 Å². The van der Waals surface area contributed by atoms with Gasteiger partial charge in [-0.05, 0) is 71.1 Å². The Morgan fingerprint density at radius 1 is 1.23 bits per heavy atom. The number of benzene rings is 1. The summed E-state index contributed by atoms with van der Waals surface area (Å²) in [6, 6.07) is 11.6. The van der Waals surface area contributed by atoms with E-state index in [-0.39, 0.29) is 12.0 Å². The number of para-hydroxylation sites is 1. The molecule has 2 amide bonds. The largest absolute Gasteiger partial charge is 0.444 e. The molecule has 30 heavy (non-hydrogen) atoms. The molecule has 7 nitrogen and oxygen atoms in total. The maximum absolute atomic E-state index is 12.5. The van der Waals surface area contributed by atoms with Crippen LogP contribution in [-0.2, 0) is 4.74 Å². The van der Waals surface area contributed by atoms with E-state index >= 15 is 0 Å². The molecule has 1 aliphatic heterocycles. The standard InChI is InChI=1S/C23H32N4O3/c1-17-15-20(25-27(17)19-10-6-5-7-11-19)21(28)24-13-12-18-9-8-14-26(16-18)22(29)30-23(2,3)4/h5-7,10-11,15,18H,8-9,12-14,16H2,1-4H3,(H,24,28). The third-order valence-electron chi connectivity index (χ3n) is 5.13. The van der Waals surface area contributed by atoms with Gasteiger partial charge in [-0.3, -0.25) is 4.79 Å². The van der Waals surface area contributed by atoms with Crippen LogP contribution in [0.5, 0.6) is 0 Å². The van der Waals surface area contributed by atoms with Crippen LogP contribution in [0.25, 0.3) is 5.69 Å². The van der Waals surface area contributed by atoms with Crippen molar-refractivity contribution in [2.24, 2.45) is 5.92 Å². The maximum Gasteiger partial charge on any atom is 0.410 e. The van der Waals surface area contributed by atoms with E-state index in [0.717, 1.165) is 37.2 Å². The van der Waals surface area contributed by atoms with E-state index in [1.54, 1.807) is 15.6 Å². The van der Waals surface area contributed by atoms with Crippen molar-refractivity contribution in [1.82, 2.24) is 20.0 Å². The summed E-state index contributed by atoms with van der Waals surface area (Å²) in [5, 5.41) is 7.42. The molecule has 1 unspecified atom stereocenters. The van der Waals surface area contributed by atoms with E-state index in [2.05, 4.69) is 10.4 Å². The molecule has 1 aromatic carbocycles. The van der Waals surface area contributed by atoms with Crippen LogP contribution >= 0.6 is 0 Å². The van der Waals surface area contributed by atoms with Gasteiger partial charge in [-0.15, -0.1) is 0 Å². The highest BCUT2D eigenvalue weighted by atomic mass is 16.6. The highest BCUT2D eigenvalue weighted by molar-refractivity contribution is 5.92. The lowest BCUT2D eigenvalue weighted by Gasteiger charge is -2.34. The number of aromatic nitrogens is 2. The van der Waals surface area contributed by atoms with Crippen molar-refractivity contribution in [2.45, 2.75) is 52.6 Å². The van der Waals surface area contributed by atoms with Crippen LogP contribution in [0.2, 0.25) is 0 Å². The molecular formula is C23H32N4O3. The Labute approximate surface area is 178 Å². The summed E-state index contributed by atoms with van der Waals surface area (Å²) in [4.78, 5) is 26.6. The number of hydrogen-bond donors (Lipinski definition) is 1. The number of amides is 2. The Balaban J connectivity index is 1.49. The van der Waals surface area contributed by atoms with Crippen LogP contribution in [0, 0.1) is 12.8 Å². The molecule has 1 atom stereocenters. The molecule has 0 spiro atoms. The minimum atomic E-state index is -0.487. The van der Waals surface area contributed by atoms with Crippen molar-refractivity contribution < 1.29 is 14.3 Å². The van der Waals surface area contributed by atoms with E-state index in [9.17, 15) is 9.59 Å². The molecule has 0 radical (unpaired) electrons. The van der Waals surface area contributed by atoms with Gasteiger partial charge >= 0.3 is 6.09 Å². The van der Waals surface area contributed by atoms with Crippen LogP contribution in [-0.4, -0.2) is 51.9 Å². The highest BCUT2D eigenvalue weighted by Gasteiger charge is 2.27. The van der Waals surface area contributed by atoms with E-state index in [4.69, 9.17) is 4.74 Å². The Bertz CT molecular complexity index is 870. The number of carbonyl (C=O) groups is 2. The fraction of sp³-hybridized carbons (Fsp3) is 0.522. The highest BCUT2D eigenvalue weighted by Crippen LogP contribution is 2.21. The molecule has 1 N–H and O–H groups in total. The first-order valence-corrected chi connectivity index (χ1v) is 10.6. The van der Waals surface area contributed by atoms with E-state index in [0.29, 0.717) is 24.7 Å². The smallest absolute Gasteiger partial charge is 0.410 e. The Morgan fingerprint density at radius 2 is 1.97 bits per heavy atom. The third kappa shape index (κ3) is 5.84. The average molecular weight is 413 g/mol. The molecule has 2 aromatic rings. The SMILES string of the molecule is Cc1cc(C(=O)NCCC2CCCN(C(=O)OC(C)(C)C)C2)nn1-c1ccccc1. The van der Waals surface area contributed by atoms with Gasteiger partial charge in [0.25, 0.3) is 5.91 Å². The van der Waals surface area contributed by atoms with Gasteiger partial charge in [0.05, 0.1) is 5.69 Å². The normalized spacial score (nSPS) is 16.9. The molecule has 1 aromatic heterocycles. The van der Waals surface area contributed by atoms with Crippen LogP contribution < -0.4 is 5.32 Å². The fourth-order valence-electron chi connectivity index (χ4n) is 3.69. The maximum atomic E-state index is 12.5. The van der Waals surface area contributed by atoms with Gasteiger partial charge in [-0.2, -0.15) is 5.10 Å². The third-order valence-corrected chi connectivity index (χ3v) is 5.13. The van der Waals surface area contributed by atoms with Crippen molar-refractivity contribution in [3.05, 3.63) is 47.8 Å². The summed E-state index contributed by atoms with van der Waals surface area (Å²) in [6.45, 7) is 9.53. The molecule has 0 aliphatic carbocycles. The molecule has 1 fully saturated rings. The summed E-state index contributed by atoms with van der Waals surface area (Å²) in [5.74, 6) is 0.183. The average Bonchev–Trinajstić information content (AvgIpc) is 3.09. The predicted molar refractivity (Wildman–Crippen MR) is 116 cm³/mol. The second-order valence-corrected chi connectivity index (χ2v) is 8.90. The number of carbonyl (C=O) groups excluding carboxylic acids is 2. The number of likely N-dealkylation sites (tertiary alicyclic amines) is 1. The first kappa shape index (κ1) is 21.9. The van der Waals surface area contributed by atoms with Gasteiger partial charge in [0.2, 0.25) is 0 Å². The zero-order valence-electron chi connectivity index (χ0n) is 18.4. The zero-order chi connectivity index (χ0) is 21.7. The van der Waals surface area contributed by atoms with Crippen LogP contribution in [0.15, 0.2) is 36.4 Å². The van der Waals surface area contributed by atoms with Crippen LogP contribution in [0.4, 0.5) is 4.79 Å². The first-order chi connectivity index (χ1) is 14.2. The topological polar surface area (TPSA) is 76.5 Å². The lowest BCUT2D eigenvalue weighted by Crippen LogP contribution is -2.43. The van der Waals surface area contributed by atoms with Gasteiger partial charge in [0, 0.05) is 25.3 Å². The van der Waals surface area contributed by atoms with Crippen molar-refractivity contribution in [1.29, 1.82) is 0 Å². The van der Waals surface area contributed by atoms with Gasteiger partial charge in [0.1, 0.15) is 5.60 Å². The van der Waals surface area contributed by atoms with Crippen molar-refractivity contribution in [3.63, 3.8) is 0 Å². The minimum Gasteiger partial charge on any atom is -0.444 e. The summed E-state index contributed by atoms with van der Waals surface area (Å²) < 4.78 is 7.26. The number of nitrogens with one attached hydrogen (secondary N) is 1. The minimum absolute atomic E-state index is 0.174. The number of aryl methyl sites for hydroxylation is 1. The summed E-state index contributed by atoms with van der Waals surface area (Å²) in [7, 11) is 0. The fourth-order valence-corrected chi connectivity index (χ4v) is 3.69. The molecule has 1 saturated heterocycles. The molecular weight excluding hydrogens is 380 g/mol. The molecule has 162 valence electrons. The Hall–Kier alpha value is -2.83. The van der Waals surface area contributed by atoms with E-state index < -0.39 is 5.60 Å². The first-order valence-electron chi connectivity index (χ1n) is 10.6. The van der Waals surface area contributed by atoms with Crippen LogP contribution in [0.3, 0.4) is 0 Å². The summed E-state index contributed by atoms with van der Waals surface area (Å²) in [6.07, 6.45) is 2.58.